The minimum Gasteiger partial charge on any atom is -0.461 e. The molecule has 3 aromatic heterocycles. The van der Waals surface area contributed by atoms with E-state index in [1.165, 1.54) is 11.1 Å². The summed E-state index contributed by atoms with van der Waals surface area (Å²) in [5.41, 5.74) is 10.8. The van der Waals surface area contributed by atoms with Crippen molar-refractivity contribution in [3.63, 3.8) is 0 Å². The van der Waals surface area contributed by atoms with Crippen molar-refractivity contribution in [2.75, 3.05) is 0 Å². The fourth-order valence-corrected chi connectivity index (χ4v) is 5.52. The normalized spacial score (nSPS) is 11.4. The summed E-state index contributed by atoms with van der Waals surface area (Å²) in [5.74, 6) is 1.57. The Balaban J connectivity index is 1.38. The van der Waals surface area contributed by atoms with Crippen molar-refractivity contribution in [1.82, 2.24) is 15.0 Å². The molecule has 0 saturated heterocycles. The lowest BCUT2D eigenvalue weighted by atomic mass is 9.98. The second kappa shape index (κ2) is 11.3. The first kappa shape index (κ1) is 26.3. The van der Waals surface area contributed by atoms with Crippen molar-refractivity contribution in [2.24, 2.45) is 0 Å². The third-order valence-electron chi connectivity index (χ3n) is 7.65. The van der Waals surface area contributed by atoms with Gasteiger partial charge in [0.05, 0.1) is 17.1 Å². The average molecular weight is 556 g/mol. The molecule has 0 atom stereocenters. The molecule has 7 rings (SSSR count). The molecule has 0 amide bonds. The van der Waals surface area contributed by atoms with Gasteiger partial charge < -0.3 is 4.42 Å². The Kier molecular flexibility index (Phi) is 6.94. The van der Waals surface area contributed by atoms with Gasteiger partial charge in [-0.2, -0.15) is 0 Å². The van der Waals surface area contributed by atoms with E-state index >= 15 is 0 Å². The highest BCUT2D eigenvalue weighted by Gasteiger charge is 2.17. The van der Waals surface area contributed by atoms with Crippen molar-refractivity contribution in [3.05, 3.63) is 145 Å². The molecular formula is C39H29N3O. The van der Waals surface area contributed by atoms with Crippen molar-refractivity contribution in [3.8, 4) is 56.3 Å². The fraction of sp³-hybridized carbons (Fsp3) is 0.0513. The van der Waals surface area contributed by atoms with Gasteiger partial charge in [-0.15, -0.1) is 0 Å². The quantitative estimate of drug-likeness (QED) is 0.205. The van der Waals surface area contributed by atoms with Crippen LogP contribution in [0.2, 0.25) is 0 Å². The van der Waals surface area contributed by atoms with E-state index in [2.05, 4.69) is 78.9 Å². The molecule has 206 valence electrons. The van der Waals surface area contributed by atoms with Crippen LogP contribution in [0.1, 0.15) is 18.2 Å². The summed E-state index contributed by atoms with van der Waals surface area (Å²) >= 11 is 0. The first-order valence-corrected chi connectivity index (χ1v) is 14.4. The Morgan fingerprint density at radius 3 is 2.00 bits per heavy atom. The Labute approximate surface area is 251 Å². The Morgan fingerprint density at radius 2 is 1.26 bits per heavy atom. The van der Waals surface area contributed by atoms with Crippen LogP contribution in [0.5, 0.6) is 0 Å². The van der Waals surface area contributed by atoms with E-state index in [1.807, 2.05) is 74.7 Å². The molecule has 0 aliphatic carbocycles. The molecule has 3 heterocycles. The second-order valence-corrected chi connectivity index (χ2v) is 10.5. The van der Waals surface area contributed by atoms with E-state index in [0.717, 1.165) is 61.6 Å². The molecule has 0 saturated carbocycles. The minimum absolute atomic E-state index is 0.673. The molecule has 0 bridgehead atoms. The zero-order valence-corrected chi connectivity index (χ0v) is 24.0. The van der Waals surface area contributed by atoms with E-state index in [9.17, 15) is 0 Å². The zero-order chi connectivity index (χ0) is 29.2. The van der Waals surface area contributed by atoms with Crippen molar-refractivity contribution >= 4 is 17.0 Å². The number of hydrogen-bond acceptors (Lipinski definition) is 4. The van der Waals surface area contributed by atoms with Gasteiger partial charge in [-0.05, 0) is 61.4 Å². The van der Waals surface area contributed by atoms with Gasteiger partial charge in [0.1, 0.15) is 11.3 Å². The topological polar surface area (TPSA) is 51.8 Å². The Bertz CT molecular complexity index is 2080. The molecule has 7 aromatic rings. The third kappa shape index (κ3) is 5.15. The molecule has 0 N–H and O–H groups in total. The Morgan fingerprint density at radius 1 is 0.605 bits per heavy atom. The van der Waals surface area contributed by atoms with E-state index < -0.39 is 0 Å². The molecule has 0 radical (unpaired) electrons. The molecule has 0 aliphatic rings. The number of fused-ring (bicyclic) bond motifs is 1. The number of nitrogens with zero attached hydrogens (tertiary/aromatic N) is 3. The molecule has 0 aliphatic heterocycles. The molecule has 0 unspecified atom stereocenters. The summed E-state index contributed by atoms with van der Waals surface area (Å²) < 4.78 is 6.03. The number of furan rings is 1. The number of benzene rings is 4. The lowest BCUT2D eigenvalue weighted by Gasteiger charge is -2.13. The van der Waals surface area contributed by atoms with Crippen LogP contribution >= 0.6 is 0 Å². The van der Waals surface area contributed by atoms with Gasteiger partial charge in [0, 0.05) is 39.4 Å². The van der Waals surface area contributed by atoms with E-state index in [1.54, 1.807) is 0 Å². The van der Waals surface area contributed by atoms with Crippen LogP contribution in [0.4, 0.5) is 0 Å². The highest BCUT2D eigenvalue weighted by Crippen LogP contribution is 2.36. The van der Waals surface area contributed by atoms with Crippen LogP contribution in [0, 0.1) is 6.92 Å². The largest absolute Gasteiger partial charge is 0.461 e. The zero-order valence-electron chi connectivity index (χ0n) is 24.0. The summed E-state index contributed by atoms with van der Waals surface area (Å²) in [7, 11) is 0. The third-order valence-corrected chi connectivity index (χ3v) is 7.65. The van der Waals surface area contributed by atoms with Gasteiger partial charge in [-0.3, -0.25) is 4.98 Å². The molecule has 4 nitrogen and oxygen atoms in total. The first-order chi connectivity index (χ1) is 21.2. The van der Waals surface area contributed by atoms with Gasteiger partial charge in [0.15, 0.2) is 5.82 Å². The van der Waals surface area contributed by atoms with Gasteiger partial charge >= 0.3 is 0 Å². The second-order valence-electron chi connectivity index (χ2n) is 10.5. The van der Waals surface area contributed by atoms with Gasteiger partial charge in [-0.1, -0.05) is 97.1 Å². The summed E-state index contributed by atoms with van der Waals surface area (Å²) in [6.07, 6.45) is 5.96. The highest BCUT2D eigenvalue weighted by atomic mass is 16.3. The molecule has 4 aromatic carbocycles. The maximum atomic E-state index is 6.03. The summed E-state index contributed by atoms with van der Waals surface area (Å²) in [4.78, 5) is 15.0. The maximum absolute atomic E-state index is 6.03. The van der Waals surface area contributed by atoms with Crippen molar-refractivity contribution < 1.29 is 4.42 Å². The summed E-state index contributed by atoms with van der Waals surface area (Å²) in [6, 6.07) is 41.4. The molecular weight excluding hydrogens is 526 g/mol. The van der Waals surface area contributed by atoms with E-state index in [-0.39, 0.29) is 0 Å². The SMILES string of the molecule is C/C=C\c1c(C)oc2ccc(-c3ncccc3-c3cc(-c4ccc(-c5ccccc5)cc4)nc(-c4ccccc4)n3)cc12. The van der Waals surface area contributed by atoms with Crippen LogP contribution in [-0.2, 0) is 0 Å². The predicted molar refractivity (Wildman–Crippen MR) is 176 cm³/mol. The van der Waals surface area contributed by atoms with Crippen LogP contribution < -0.4 is 0 Å². The molecule has 0 spiro atoms. The monoisotopic (exact) mass is 555 g/mol. The van der Waals surface area contributed by atoms with Gasteiger partial charge in [0.25, 0.3) is 0 Å². The number of rotatable bonds is 6. The van der Waals surface area contributed by atoms with Gasteiger partial charge in [-0.25, -0.2) is 9.97 Å². The lowest BCUT2D eigenvalue weighted by Crippen LogP contribution is -1.98. The van der Waals surface area contributed by atoms with Gasteiger partial charge in [0.2, 0.25) is 0 Å². The number of allylic oxidation sites excluding steroid dienone is 1. The smallest absolute Gasteiger partial charge is 0.160 e. The van der Waals surface area contributed by atoms with Crippen LogP contribution in [0.25, 0.3) is 73.3 Å². The number of aryl methyl sites for hydroxylation is 1. The van der Waals surface area contributed by atoms with Crippen LogP contribution in [-0.4, -0.2) is 15.0 Å². The standard InChI is InChI=1S/C39H29N3O/c1-3-11-32-26(2)43-37-22-21-31(24-34(32)37)38-33(16-10-23-40-38)36-25-35(41-39(42-36)30-14-8-5-9-15-30)29-19-17-28(18-20-29)27-12-6-4-7-13-27/h3-25H,1-2H3/b11-3-. The molecule has 43 heavy (non-hydrogen) atoms. The summed E-state index contributed by atoms with van der Waals surface area (Å²) in [6.45, 7) is 4.02. The fourth-order valence-electron chi connectivity index (χ4n) is 5.52. The van der Waals surface area contributed by atoms with Crippen molar-refractivity contribution in [2.45, 2.75) is 13.8 Å². The van der Waals surface area contributed by atoms with Crippen LogP contribution in [0.15, 0.2) is 138 Å². The lowest BCUT2D eigenvalue weighted by molar-refractivity contribution is 0.577. The van der Waals surface area contributed by atoms with Crippen LogP contribution in [0.3, 0.4) is 0 Å². The van der Waals surface area contributed by atoms with E-state index in [4.69, 9.17) is 19.4 Å². The first-order valence-electron chi connectivity index (χ1n) is 14.4. The predicted octanol–water partition coefficient (Wildman–Crippen LogP) is 10.3. The van der Waals surface area contributed by atoms with Crippen molar-refractivity contribution in [1.29, 1.82) is 0 Å². The summed E-state index contributed by atoms with van der Waals surface area (Å²) in [5, 5.41) is 1.07. The maximum Gasteiger partial charge on any atom is 0.160 e. The minimum atomic E-state index is 0.673. The number of aromatic nitrogens is 3. The average Bonchev–Trinajstić information content (AvgIpc) is 3.39. The Hall–Kier alpha value is -5.61. The number of pyridine rings is 1. The molecule has 0 fully saturated rings. The highest BCUT2D eigenvalue weighted by molar-refractivity contribution is 5.93. The number of hydrogen-bond donors (Lipinski definition) is 0. The molecule has 4 heteroatoms. The van der Waals surface area contributed by atoms with E-state index in [0.29, 0.717) is 5.82 Å².